The van der Waals surface area contributed by atoms with Crippen LogP contribution in [0.25, 0.3) is 0 Å². The number of carbonyl (C=O) groups excluding carboxylic acids is 3. The minimum absolute atomic E-state index is 0.0736. The number of carbonyl (C=O) groups is 3. The summed E-state index contributed by atoms with van der Waals surface area (Å²) in [5.74, 6) is -2.15. The number of fused-ring (bicyclic) bond motifs is 2. The zero-order chi connectivity index (χ0) is 27.3. The van der Waals surface area contributed by atoms with Gasteiger partial charge in [-0.2, -0.15) is 0 Å². The number of hydrogen-bond acceptors (Lipinski definition) is 7. The van der Waals surface area contributed by atoms with E-state index in [1.807, 2.05) is 49.4 Å². The van der Waals surface area contributed by atoms with Crippen LogP contribution in [0.5, 0.6) is 5.75 Å². The van der Waals surface area contributed by atoms with Gasteiger partial charge in [0, 0.05) is 16.5 Å². The Hall–Kier alpha value is -4.15. The number of benzene rings is 3. The van der Waals surface area contributed by atoms with Crippen LogP contribution < -0.4 is 15.1 Å². The molecule has 2 aliphatic rings. The Labute approximate surface area is 231 Å². The van der Waals surface area contributed by atoms with Crippen LogP contribution in [0.15, 0.2) is 88.7 Å². The fourth-order valence-electron chi connectivity index (χ4n) is 5.11. The van der Waals surface area contributed by atoms with Gasteiger partial charge in [0.2, 0.25) is 17.7 Å². The molecule has 8 nitrogen and oxygen atoms in total. The molecule has 6 rings (SSSR count). The summed E-state index contributed by atoms with van der Waals surface area (Å²) in [6.45, 7) is 1.69. The maximum Gasteiger partial charge on any atom is 0.308 e. The molecule has 0 spiro atoms. The molecule has 3 atom stereocenters. The standard InChI is InChI=1S/C29H23N3O5S2/c1-16-7-11-19(12-8-16)32-26(35)23-22(17-5-3-2-4-6-17)25-28(38-24(23)27(32)36)31(29(37)39-25)15-21(34)30-18-9-13-20(33)14-10-18/h2-14,22-24,33H,15H2,1H3,(H,30,34)/t22-,23-,24+/m0/s1. The van der Waals surface area contributed by atoms with Crippen LogP contribution in [0.3, 0.4) is 0 Å². The van der Waals surface area contributed by atoms with E-state index < -0.39 is 23.0 Å². The molecule has 1 fully saturated rings. The van der Waals surface area contributed by atoms with Gasteiger partial charge in [0.1, 0.15) is 17.5 Å². The first-order valence-electron chi connectivity index (χ1n) is 12.3. The molecule has 0 bridgehead atoms. The van der Waals surface area contributed by atoms with Gasteiger partial charge in [-0.05, 0) is 48.9 Å². The van der Waals surface area contributed by atoms with Crippen LogP contribution in [-0.4, -0.2) is 32.6 Å². The molecule has 10 heteroatoms. The summed E-state index contributed by atoms with van der Waals surface area (Å²) in [6.07, 6.45) is 0. The number of rotatable bonds is 5. The average molecular weight is 558 g/mol. The lowest BCUT2D eigenvalue weighted by Gasteiger charge is -2.30. The first-order chi connectivity index (χ1) is 18.8. The van der Waals surface area contributed by atoms with Crippen LogP contribution in [0.4, 0.5) is 11.4 Å². The van der Waals surface area contributed by atoms with Gasteiger partial charge in [0.15, 0.2) is 0 Å². The SMILES string of the molecule is Cc1ccc(N2C(=O)[C@H]3[C@H](c4ccccc4)c4sc(=O)n(CC(=O)Nc5ccc(O)cc5)c4S[C@H]3C2=O)cc1. The van der Waals surface area contributed by atoms with Gasteiger partial charge in [0.05, 0.1) is 16.6 Å². The molecule has 3 heterocycles. The van der Waals surface area contributed by atoms with Crippen molar-refractivity contribution in [2.45, 2.75) is 29.7 Å². The zero-order valence-electron chi connectivity index (χ0n) is 20.7. The molecule has 2 aliphatic heterocycles. The number of amides is 3. The maximum atomic E-state index is 13.9. The summed E-state index contributed by atoms with van der Waals surface area (Å²) in [7, 11) is 0. The molecule has 0 unspecified atom stereocenters. The lowest BCUT2D eigenvalue weighted by Crippen LogP contribution is -2.33. The normalized spacial score (nSPS) is 20.0. The minimum Gasteiger partial charge on any atom is -0.508 e. The van der Waals surface area contributed by atoms with Crippen molar-refractivity contribution in [1.29, 1.82) is 0 Å². The quantitative estimate of drug-likeness (QED) is 0.279. The van der Waals surface area contributed by atoms with Gasteiger partial charge in [-0.25, -0.2) is 4.90 Å². The molecule has 1 saturated heterocycles. The number of thioether (sulfide) groups is 1. The molecular formula is C29H23N3O5S2. The van der Waals surface area contributed by atoms with Crippen LogP contribution in [-0.2, 0) is 20.9 Å². The number of phenols is 1. The van der Waals surface area contributed by atoms with Crippen molar-refractivity contribution in [3.05, 3.63) is 105 Å². The molecule has 2 N–H and O–H groups in total. The molecule has 3 aromatic carbocycles. The molecule has 0 radical (unpaired) electrons. The molecule has 39 heavy (non-hydrogen) atoms. The predicted octanol–water partition coefficient (Wildman–Crippen LogP) is 4.36. The van der Waals surface area contributed by atoms with E-state index in [9.17, 15) is 24.3 Å². The second-order valence-electron chi connectivity index (χ2n) is 9.52. The fourth-order valence-corrected chi connectivity index (χ4v) is 7.89. The van der Waals surface area contributed by atoms with E-state index in [-0.39, 0.29) is 29.0 Å². The summed E-state index contributed by atoms with van der Waals surface area (Å²) >= 11 is 2.20. The number of anilines is 2. The van der Waals surface area contributed by atoms with E-state index in [4.69, 9.17) is 0 Å². The third-order valence-corrected chi connectivity index (χ3v) is 9.56. The highest BCUT2D eigenvalue weighted by molar-refractivity contribution is 8.00. The van der Waals surface area contributed by atoms with Crippen molar-refractivity contribution < 1.29 is 19.5 Å². The van der Waals surface area contributed by atoms with E-state index in [1.54, 1.807) is 24.3 Å². The number of aromatic hydroxyl groups is 1. The van der Waals surface area contributed by atoms with Crippen molar-refractivity contribution in [3.8, 4) is 5.75 Å². The number of nitrogens with one attached hydrogen (secondary N) is 1. The van der Waals surface area contributed by atoms with Crippen LogP contribution >= 0.6 is 23.1 Å². The zero-order valence-corrected chi connectivity index (χ0v) is 22.4. The Bertz CT molecular complexity index is 1650. The van der Waals surface area contributed by atoms with Gasteiger partial charge >= 0.3 is 4.87 Å². The summed E-state index contributed by atoms with van der Waals surface area (Å²) in [5, 5.41) is 12.0. The fraction of sp³-hybridized carbons (Fsp3) is 0.172. The summed E-state index contributed by atoms with van der Waals surface area (Å²) < 4.78 is 1.39. The lowest BCUT2D eigenvalue weighted by molar-refractivity contribution is -0.122. The van der Waals surface area contributed by atoms with Gasteiger partial charge in [-0.1, -0.05) is 71.1 Å². The van der Waals surface area contributed by atoms with Gasteiger partial charge < -0.3 is 10.4 Å². The first kappa shape index (κ1) is 25.1. The van der Waals surface area contributed by atoms with E-state index >= 15 is 0 Å². The highest BCUT2D eigenvalue weighted by Gasteiger charge is 2.56. The second-order valence-corrected chi connectivity index (χ2v) is 11.6. The van der Waals surface area contributed by atoms with E-state index in [1.165, 1.54) is 33.4 Å². The Morgan fingerprint density at radius 2 is 1.62 bits per heavy atom. The molecule has 1 aromatic heterocycles. The smallest absolute Gasteiger partial charge is 0.308 e. The highest BCUT2D eigenvalue weighted by Crippen LogP contribution is 2.53. The van der Waals surface area contributed by atoms with Gasteiger partial charge in [-0.15, -0.1) is 0 Å². The van der Waals surface area contributed by atoms with Crippen molar-refractivity contribution in [3.63, 3.8) is 0 Å². The molecule has 0 aliphatic carbocycles. The number of hydrogen-bond donors (Lipinski definition) is 2. The van der Waals surface area contributed by atoms with Crippen LogP contribution in [0.1, 0.15) is 21.9 Å². The number of aryl methyl sites for hydroxylation is 1. The Morgan fingerprint density at radius 1 is 0.923 bits per heavy atom. The third-order valence-electron chi connectivity index (χ3n) is 6.95. The Balaban J connectivity index is 1.39. The van der Waals surface area contributed by atoms with Crippen LogP contribution in [0.2, 0.25) is 0 Å². The van der Waals surface area contributed by atoms with Crippen molar-refractivity contribution in [2.75, 3.05) is 10.2 Å². The molecule has 3 amide bonds. The minimum atomic E-state index is -0.739. The van der Waals surface area contributed by atoms with E-state index in [0.29, 0.717) is 21.3 Å². The largest absolute Gasteiger partial charge is 0.508 e. The van der Waals surface area contributed by atoms with Gasteiger partial charge in [0.25, 0.3) is 0 Å². The van der Waals surface area contributed by atoms with Crippen LogP contribution in [0, 0.1) is 12.8 Å². The number of nitrogens with zero attached hydrogens (tertiary/aromatic N) is 2. The average Bonchev–Trinajstić information content (AvgIpc) is 3.37. The summed E-state index contributed by atoms with van der Waals surface area (Å²) in [6, 6.07) is 22.7. The summed E-state index contributed by atoms with van der Waals surface area (Å²) in [4.78, 5) is 55.3. The maximum absolute atomic E-state index is 13.9. The monoisotopic (exact) mass is 557 g/mol. The predicted molar refractivity (Wildman–Crippen MR) is 150 cm³/mol. The first-order valence-corrected chi connectivity index (χ1v) is 14.0. The topological polar surface area (TPSA) is 109 Å². The summed E-state index contributed by atoms with van der Waals surface area (Å²) in [5.41, 5.74) is 2.85. The Morgan fingerprint density at radius 3 is 2.31 bits per heavy atom. The number of phenolic OH excluding ortho intramolecular Hbond substituents is 1. The van der Waals surface area contributed by atoms with Crippen molar-refractivity contribution in [2.24, 2.45) is 5.92 Å². The number of thiazole rings is 1. The Kier molecular flexibility index (Phi) is 6.36. The molecular weight excluding hydrogens is 534 g/mol. The molecule has 4 aromatic rings. The number of aromatic nitrogens is 1. The van der Waals surface area contributed by atoms with Crippen molar-refractivity contribution >= 4 is 52.2 Å². The third kappa shape index (κ3) is 4.45. The van der Waals surface area contributed by atoms with E-state index in [2.05, 4.69) is 5.32 Å². The van der Waals surface area contributed by atoms with Crippen molar-refractivity contribution in [1.82, 2.24) is 4.57 Å². The highest BCUT2D eigenvalue weighted by atomic mass is 32.2. The number of imide groups is 1. The van der Waals surface area contributed by atoms with Gasteiger partial charge in [-0.3, -0.25) is 23.7 Å². The molecule has 0 saturated carbocycles. The van der Waals surface area contributed by atoms with E-state index in [0.717, 1.165) is 22.5 Å². The lowest BCUT2D eigenvalue weighted by atomic mass is 9.83. The second kappa shape index (κ2) is 9.87. The molecule has 196 valence electrons.